The fourth-order valence-corrected chi connectivity index (χ4v) is 0.309. The summed E-state index contributed by atoms with van der Waals surface area (Å²) in [5.74, 6) is 0. The highest BCUT2D eigenvalue weighted by Crippen LogP contribution is 1.96. The minimum atomic E-state index is 0.775. The van der Waals surface area contributed by atoms with Crippen LogP contribution in [0.5, 0.6) is 0 Å². The first-order valence-corrected chi connectivity index (χ1v) is 3.41. The number of allylic oxidation sites excluding steroid dienone is 1. The van der Waals surface area contributed by atoms with Gasteiger partial charge in [0.1, 0.15) is 0 Å². The van der Waals surface area contributed by atoms with E-state index in [4.69, 9.17) is 4.74 Å². The number of hydrogen-bond donors (Lipinski definition) is 0. The molecule has 10 heavy (non-hydrogen) atoms. The van der Waals surface area contributed by atoms with E-state index in [1.54, 1.807) is 0 Å². The summed E-state index contributed by atoms with van der Waals surface area (Å²) in [5.41, 5.74) is 1.30. The molecule has 0 aliphatic rings. The first-order chi connectivity index (χ1) is 4.81. The second-order valence-electron chi connectivity index (χ2n) is 1.77. The van der Waals surface area contributed by atoms with Gasteiger partial charge in [-0.05, 0) is 25.8 Å². The molecule has 0 aliphatic carbocycles. The van der Waals surface area contributed by atoms with Crippen molar-refractivity contribution in [3.8, 4) is 12.8 Å². The Labute approximate surface area is 64.1 Å². The van der Waals surface area contributed by atoms with E-state index in [1.165, 1.54) is 5.57 Å². The van der Waals surface area contributed by atoms with Gasteiger partial charge in [0.25, 0.3) is 0 Å². The second kappa shape index (κ2) is 11.0. The molecule has 1 heteroatoms. The molecule has 0 saturated heterocycles. The highest BCUT2D eigenvalue weighted by atomic mass is 16.5. The van der Waals surface area contributed by atoms with Gasteiger partial charge >= 0.3 is 0 Å². The van der Waals surface area contributed by atoms with Gasteiger partial charge in [-0.3, -0.25) is 0 Å². The number of ether oxygens (including phenoxy) is 1. The highest BCUT2D eigenvalue weighted by Gasteiger charge is 1.79. The number of rotatable bonds is 3. The molecule has 1 nitrogen and oxygen atoms in total. The largest absolute Gasteiger partial charge is 0.502 e. The van der Waals surface area contributed by atoms with Crippen molar-refractivity contribution >= 4 is 0 Å². The predicted octanol–water partition coefficient (Wildman–Crippen LogP) is 2.59. The Balaban J connectivity index is 0. The second-order valence-corrected chi connectivity index (χ2v) is 1.77. The van der Waals surface area contributed by atoms with Gasteiger partial charge in [-0.2, -0.15) is 0 Å². The molecule has 0 unspecified atom stereocenters. The third kappa shape index (κ3) is 10.2. The Bertz CT molecular complexity index is 101. The van der Waals surface area contributed by atoms with Gasteiger partial charge in [0.15, 0.2) is 0 Å². The maximum atomic E-state index is 5.02. The monoisotopic (exact) mass is 140 g/mol. The first-order valence-electron chi connectivity index (χ1n) is 3.41. The van der Waals surface area contributed by atoms with Crippen LogP contribution < -0.4 is 0 Å². The average molecular weight is 140 g/mol. The van der Waals surface area contributed by atoms with Crippen LogP contribution in [0.3, 0.4) is 0 Å². The van der Waals surface area contributed by atoms with Crippen LogP contribution in [0.2, 0.25) is 0 Å². The summed E-state index contributed by atoms with van der Waals surface area (Å²) in [7, 11) is 0. The van der Waals surface area contributed by atoms with Crippen molar-refractivity contribution in [2.45, 2.75) is 27.2 Å². The fraction of sp³-hybridized carbons (Fsp3) is 0.556. The molecule has 0 heterocycles. The Morgan fingerprint density at radius 1 is 1.40 bits per heavy atom. The Morgan fingerprint density at radius 2 is 1.90 bits per heavy atom. The lowest BCUT2D eigenvalue weighted by molar-refractivity contribution is 0.265. The molecule has 0 aromatic carbocycles. The van der Waals surface area contributed by atoms with E-state index in [2.05, 4.69) is 26.7 Å². The molecule has 0 aliphatic heterocycles. The van der Waals surface area contributed by atoms with Gasteiger partial charge < -0.3 is 4.74 Å². The summed E-state index contributed by atoms with van der Waals surface area (Å²) in [6, 6.07) is 0. The standard InChI is InChI=1S/C7H14O.C2H2/c1-4-7(3)6-8-5-2;1-2/h6H,4-5H2,1-3H3;1-2H/b7-6-;. The molecule has 0 radical (unpaired) electrons. The van der Waals surface area contributed by atoms with E-state index in [-0.39, 0.29) is 0 Å². The molecule has 0 spiro atoms. The molecule has 0 amide bonds. The Morgan fingerprint density at radius 3 is 2.20 bits per heavy atom. The van der Waals surface area contributed by atoms with Gasteiger partial charge in [-0.15, -0.1) is 12.8 Å². The van der Waals surface area contributed by atoms with Crippen molar-refractivity contribution in [2.75, 3.05) is 6.61 Å². The van der Waals surface area contributed by atoms with Crippen molar-refractivity contribution in [3.05, 3.63) is 11.8 Å². The SMILES string of the molecule is C#C.CCO/C=C(/C)CC. The van der Waals surface area contributed by atoms with Gasteiger partial charge in [0, 0.05) is 0 Å². The molecule has 0 fully saturated rings. The number of terminal acetylenes is 1. The van der Waals surface area contributed by atoms with Crippen LogP contribution in [-0.4, -0.2) is 6.61 Å². The number of hydrogen-bond acceptors (Lipinski definition) is 1. The van der Waals surface area contributed by atoms with Gasteiger partial charge in [-0.1, -0.05) is 6.92 Å². The van der Waals surface area contributed by atoms with E-state index < -0.39 is 0 Å². The van der Waals surface area contributed by atoms with Gasteiger partial charge in [0.05, 0.1) is 12.9 Å². The third-order valence-corrected chi connectivity index (χ3v) is 1.01. The summed E-state index contributed by atoms with van der Waals surface area (Å²) in [5, 5.41) is 0. The summed E-state index contributed by atoms with van der Waals surface area (Å²) in [6.45, 7) is 6.94. The summed E-state index contributed by atoms with van der Waals surface area (Å²) >= 11 is 0. The molecule has 0 bridgehead atoms. The zero-order valence-electron chi connectivity index (χ0n) is 7.05. The van der Waals surface area contributed by atoms with Crippen molar-refractivity contribution in [1.82, 2.24) is 0 Å². The summed E-state index contributed by atoms with van der Waals surface area (Å²) in [6.07, 6.45) is 10.9. The Hall–Kier alpha value is -0.900. The van der Waals surface area contributed by atoms with E-state index in [9.17, 15) is 0 Å². The lowest BCUT2D eigenvalue weighted by atomic mass is 10.3. The molecular formula is C9H16O. The van der Waals surface area contributed by atoms with Crippen LogP contribution in [0.25, 0.3) is 0 Å². The third-order valence-electron chi connectivity index (χ3n) is 1.01. The van der Waals surface area contributed by atoms with Crippen molar-refractivity contribution in [1.29, 1.82) is 0 Å². The quantitative estimate of drug-likeness (QED) is 0.432. The van der Waals surface area contributed by atoms with Gasteiger partial charge in [0.2, 0.25) is 0 Å². The van der Waals surface area contributed by atoms with E-state index >= 15 is 0 Å². The van der Waals surface area contributed by atoms with Crippen molar-refractivity contribution < 1.29 is 4.74 Å². The fourth-order valence-electron chi connectivity index (χ4n) is 0.309. The van der Waals surface area contributed by atoms with Crippen LogP contribution >= 0.6 is 0 Å². The first kappa shape index (κ1) is 11.8. The van der Waals surface area contributed by atoms with E-state index in [0.717, 1.165) is 13.0 Å². The normalized spacial score (nSPS) is 9.50. The molecule has 58 valence electrons. The average Bonchev–Trinajstić information content (AvgIpc) is 2.04. The van der Waals surface area contributed by atoms with Crippen molar-refractivity contribution in [2.24, 2.45) is 0 Å². The maximum absolute atomic E-state index is 5.02. The van der Waals surface area contributed by atoms with Crippen LogP contribution in [0.1, 0.15) is 27.2 Å². The molecule has 0 aromatic rings. The van der Waals surface area contributed by atoms with E-state index in [1.807, 2.05) is 13.2 Å². The molecule has 0 saturated carbocycles. The molecule has 0 aromatic heterocycles. The van der Waals surface area contributed by atoms with Gasteiger partial charge in [-0.25, -0.2) is 0 Å². The maximum Gasteiger partial charge on any atom is 0.0845 e. The van der Waals surface area contributed by atoms with Crippen LogP contribution in [0, 0.1) is 12.8 Å². The smallest absolute Gasteiger partial charge is 0.0845 e. The molecule has 0 rings (SSSR count). The summed E-state index contributed by atoms with van der Waals surface area (Å²) in [4.78, 5) is 0. The zero-order chi connectivity index (χ0) is 8.41. The lowest BCUT2D eigenvalue weighted by Gasteiger charge is -1.95. The predicted molar refractivity (Wildman–Crippen MR) is 45.6 cm³/mol. The summed E-state index contributed by atoms with van der Waals surface area (Å²) < 4.78 is 5.02. The van der Waals surface area contributed by atoms with Crippen LogP contribution in [0.15, 0.2) is 11.8 Å². The van der Waals surface area contributed by atoms with Crippen LogP contribution in [0.4, 0.5) is 0 Å². The Kier molecular flexibility index (Phi) is 13.0. The molecular weight excluding hydrogens is 124 g/mol. The van der Waals surface area contributed by atoms with Crippen molar-refractivity contribution in [3.63, 3.8) is 0 Å². The minimum absolute atomic E-state index is 0.775. The minimum Gasteiger partial charge on any atom is -0.502 e. The molecule has 0 atom stereocenters. The lowest BCUT2D eigenvalue weighted by Crippen LogP contribution is -1.79. The molecule has 0 N–H and O–H groups in total. The zero-order valence-corrected chi connectivity index (χ0v) is 7.05. The van der Waals surface area contributed by atoms with Crippen LogP contribution in [-0.2, 0) is 4.74 Å². The highest BCUT2D eigenvalue weighted by molar-refractivity contribution is 4.90. The topological polar surface area (TPSA) is 9.23 Å². The van der Waals surface area contributed by atoms with E-state index in [0.29, 0.717) is 0 Å².